The van der Waals surface area contributed by atoms with Gasteiger partial charge in [-0.25, -0.2) is 0 Å². The van der Waals surface area contributed by atoms with Gasteiger partial charge in [0, 0.05) is 24.4 Å². The van der Waals surface area contributed by atoms with Crippen LogP contribution in [0, 0.1) is 13.8 Å². The first-order chi connectivity index (χ1) is 10.5. The summed E-state index contributed by atoms with van der Waals surface area (Å²) >= 11 is 0. The second kappa shape index (κ2) is 5.14. The summed E-state index contributed by atoms with van der Waals surface area (Å²) in [4.78, 5) is 24.6. The van der Waals surface area contributed by atoms with Crippen molar-refractivity contribution in [1.82, 2.24) is 19.6 Å². The summed E-state index contributed by atoms with van der Waals surface area (Å²) in [5.41, 5.74) is 2.66. The van der Waals surface area contributed by atoms with Gasteiger partial charge in [0.2, 0.25) is 0 Å². The number of rotatable bonds is 2. The smallest absolute Gasteiger partial charge is 0.274 e. The highest BCUT2D eigenvalue weighted by Crippen LogP contribution is 2.20. The maximum atomic E-state index is 12.4. The molecule has 6 heteroatoms. The Kier molecular flexibility index (Phi) is 3.29. The number of aromatic amines is 1. The van der Waals surface area contributed by atoms with Gasteiger partial charge < -0.3 is 0 Å². The lowest BCUT2D eigenvalue weighted by atomic mass is 10.1. The van der Waals surface area contributed by atoms with E-state index in [4.69, 9.17) is 0 Å². The minimum atomic E-state index is -0.269. The second-order valence-corrected chi connectivity index (χ2v) is 5.20. The van der Waals surface area contributed by atoms with Gasteiger partial charge in [-0.15, -0.1) is 0 Å². The van der Waals surface area contributed by atoms with Gasteiger partial charge in [-0.3, -0.25) is 19.4 Å². The zero-order chi connectivity index (χ0) is 15.9. The fraction of sp³-hybridized carbons (Fsp3) is 0.188. The third kappa shape index (κ3) is 2.18. The molecule has 0 bridgehead atoms. The number of nitrogens with one attached hydrogen (secondary N) is 1. The molecule has 0 fully saturated rings. The molecule has 0 radical (unpaired) electrons. The molecule has 0 aliphatic carbocycles. The van der Waals surface area contributed by atoms with Crippen LogP contribution in [-0.2, 0) is 7.05 Å². The van der Waals surface area contributed by atoms with E-state index in [0.29, 0.717) is 28.2 Å². The average Bonchev–Trinajstić information content (AvgIpc) is 2.75. The molecule has 0 spiro atoms. The van der Waals surface area contributed by atoms with E-state index in [2.05, 4.69) is 10.2 Å². The molecule has 6 nitrogen and oxygen atoms in total. The number of aromatic nitrogens is 4. The first-order valence-corrected chi connectivity index (χ1v) is 6.91. The number of nitrogens with zero attached hydrogens (tertiary/aromatic N) is 3. The summed E-state index contributed by atoms with van der Waals surface area (Å²) < 4.78 is 2.73. The molecule has 0 unspecified atom stereocenters. The predicted molar refractivity (Wildman–Crippen MR) is 84.3 cm³/mol. The Bertz CT molecular complexity index is 949. The topological polar surface area (TPSA) is 72.7 Å². The van der Waals surface area contributed by atoms with Crippen molar-refractivity contribution >= 4 is 0 Å². The van der Waals surface area contributed by atoms with Gasteiger partial charge in [-0.05, 0) is 26.0 Å². The standard InChI is InChI=1S/C16H16N4O2/c1-10-13(15-11(2)17-19(3)16(15)22)9-14(21)20(18-10)12-7-5-4-6-8-12/h4-9,17H,1-3H3. The molecule has 1 N–H and O–H groups in total. The molecule has 112 valence electrons. The Hall–Kier alpha value is -2.89. The molecule has 0 saturated carbocycles. The van der Waals surface area contributed by atoms with Crippen molar-refractivity contribution in [3.8, 4) is 16.8 Å². The van der Waals surface area contributed by atoms with Crippen LogP contribution in [0.2, 0.25) is 0 Å². The number of para-hydroxylation sites is 1. The first-order valence-electron chi connectivity index (χ1n) is 6.91. The van der Waals surface area contributed by atoms with Crippen molar-refractivity contribution in [1.29, 1.82) is 0 Å². The Labute approximate surface area is 126 Å². The monoisotopic (exact) mass is 296 g/mol. The van der Waals surface area contributed by atoms with Crippen LogP contribution in [0.1, 0.15) is 11.4 Å². The normalized spacial score (nSPS) is 10.9. The van der Waals surface area contributed by atoms with Gasteiger partial charge >= 0.3 is 0 Å². The highest BCUT2D eigenvalue weighted by atomic mass is 16.1. The summed E-state index contributed by atoms with van der Waals surface area (Å²) in [7, 11) is 1.65. The summed E-state index contributed by atoms with van der Waals surface area (Å²) in [6, 6.07) is 10.7. The quantitative estimate of drug-likeness (QED) is 0.779. The summed E-state index contributed by atoms with van der Waals surface area (Å²) in [5, 5.41) is 7.29. The molecule has 0 saturated heterocycles. The van der Waals surface area contributed by atoms with E-state index in [1.807, 2.05) is 30.3 Å². The van der Waals surface area contributed by atoms with Gasteiger partial charge in [0.25, 0.3) is 11.1 Å². The molecule has 0 aliphatic rings. The summed E-state index contributed by atoms with van der Waals surface area (Å²) in [6.45, 7) is 3.60. The number of aryl methyl sites for hydroxylation is 3. The molecular formula is C16H16N4O2. The highest BCUT2D eigenvalue weighted by Gasteiger charge is 2.16. The Morgan fingerprint density at radius 1 is 1.09 bits per heavy atom. The lowest BCUT2D eigenvalue weighted by Crippen LogP contribution is -2.23. The fourth-order valence-electron chi connectivity index (χ4n) is 2.55. The summed E-state index contributed by atoms with van der Waals surface area (Å²) in [5.74, 6) is 0. The van der Waals surface area contributed by atoms with Crippen molar-refractivity contribution < 1.29 is 0 Å². The molecule has 2 aromatic heterocycles. The molecule has 1 aromatic carbocycles. The first kappa shape index (κ1) is 14.1. The fourth-order valence-corrected chi connectivity index (χ4v) is 2.55. The van der Waals surface area contributed by atoms with Crippen LogP contribution in [0.25, 0.3) is 16.8 Å². The van der Waals surface area contributed by atoms with Crippen LogP contribution in [0.5, 0.6) is 0 Å². The van der Waals surface area contributed by atoms with Crippen LogP contribution in [0.15, 0.2) is 46.0 Å². The molecule has 3 aromatic rings. The van der Waals surface area contributed by atoms with E-state index in [1.54, 1.807) is 20.9 Å². The Balaban J connectivity index is 2.23. The Morgan fingerprint density at radius 3 is 2.36 bits per heavy atom. The van der Waals surface area contributed by atoms with Crippen LogP contribution >= 0.6 is 0 Å². The van der Waals surface area contributed by atoms with Gasteiger partial charge in [-0.2, -0.15) is 9.78 Å². The third-order valence-electron chi connectivity index (χ3n) is 3.62. The van der Waals surface area contributed by atoms with E-state index in [-0.39, 0.29) is 11.1 Å². The van der Waals surface area contributed by atoms with E-state index in [1.165, 1.54) is 15.4 Å². The lowest BCUT2D eigenvalue weighted by molar-refractivity contribution is 0.731. The van der Waals surface area contributed by atoms with Crippen molar-refractivity contribution in [3.05, 3.63) is 68.5 Å². The van der Waals surface area contributed by atoms with E-state index >= 15 is 0 Å². The van der Waals surface area contributed by atoms with Gasteiger partial charge in [-0.1, -0.05) is 18.2 Å². The minimum absolute atomic E-state index is 0.167. The molecule has 0 atom stereocenters. The van der Waals surface area contributed by atoms with Crippen molar-refractivity contribution in [2.75, 3.05) is 0 Å². The van der Waals surface area contributed by atoms with E-state index in [9.17, 15) is 9.59 Å². The number of H-pyrrole nitrogens is 1. The predicted octanol–water partition coefficient (Wildman–Crippen LogP) is 1.54. The zero-order valence-electron chi connectivity index (χ0n) is 12.6. The highest BCUT2D eigenvalue weighted by molar-refractivity contribution is 5.66. The largest absolute Gasteiger partial charge is 0.300 e. The zero-order valence-corrected chi connectivity index (χ0v) is 12.6. The van der Waals surface area contributed by atoms with Crippen molar-refractivity contribution in [3.63, 3.8) is 0 Å². The van der Waals surface area contributed by atoms with Gasteiger partial charge in [0.05, 0.1) is 16.9 Å². The van der Waals surface area contributed by atoms with Crippen LogP contribution in [-0.4, -0.2) is 19.6 Å². The van der Waals surface area contributed by atoms with Gasteiger partial charge in [0.15, 0.2) is 0 Å². The number of benzene rings is 1. The molecule has 3 rings (SSSR count). The maximum Gasteiger partial charge on any atom is 0.274 e. The molecule has 0 aliphatic heterocycles. The minimum Gasteiger partial charge on any atom is -0.300 e. The summed E-state index contributed by atoms with van der Waals surface area (Å²) in [6.07, 6.45) is 0. The van der Waals surface area contributed by atoms with Crippen LogP contribution in [0.4, 0.5) is 0 Å². The van der Waals surface area contributed by atoms with Crippen LogP contribution in [0.3, 0.4) is 0 Å². The van der Waals surface area contributed by atoms with E-state index in [0.717, 1.165) is 0 Å². The van der Waals surface area contributed by atoms with Gasteiger partial charge in [0.1, 0.15) is 0 Å². The lowest BCUT2D eigenvalue weighted by Gasteiger charge is -2.08. The SMILES string of the molecule is Cc1nn(-c2ccccc2)c(=O)cc1-c1c(C)[nH]n(C)c1=O. The third-order valence-corrected chi connectivity index (χ3v) is 3.62. The average molecular weight is 296 g/mol. The molecular weight excluding hydrogens is 280 g/mol. The van der Waals surface area contributed by atoms with Crippen LogP contribution < -0.4 is 11.1 Å². The second-order valence-electron chi connectivity index (χ2n) is 5.20. The number of hydrogen-bond acceptors (Lipinski definition) is 3. The van der Waals surface area contributed by atoms with Crippen molar-refractivity contribution in [2.24, 2.45) is 7.05 Å². The Morgan fingerprint density at radius 2 is 1.77 bits per heavy atom. The maximum absolute atomic E-state index is 12.4. The molecule has 22 heavy (non-hydrogen) atoms. The van der Waals surface area contributed by atoms with E-state index < -0.39 is 0 Å². The van der Waals surface area contributed by atoms with Crippen molar-refractivity contribution in [2.45, 2.75) is 13.8 Å². The molecule has 2 heterocycles. The number of hydrogen-bond donors (Lipinski definition) is 1. The molecule has 0 amide bonds.